The molecule has 0 aromatic carbocycles. The zero-order valence-electron chi connectivity index (χ0n) is 16.2. The van der Waals surface area contributed by atoms with E-state index in [-0.39, 0.29) is 11.7 Å². The van der Waals surface area contributed by atoms with Gasteiger partial charge in [-0.1, -0.05) is 13.8 Å². The van der Waals surface area contributed by atoms with Gasteiger partial charge in [-0.25, -0.2) is 4.79 Å². The maximum atomic E-state index is 12.4. The molecule has 7 N–H and O–H groups in total. The van der Waals surface area contributed by atoms with Gasteiger partial charge >= 0.3 is 5.97 Å². The van der Waals surface area contributed by atoms with Gasteiger partial charge in [0, 0.05) is 5.75 Å². The molecule has 12 heteroatoms. The Morgan fingerprint density at radius 1 is 1.04 bits per heavy atom. The molecule has 0 saturated heterocycles. The number of nitrogens with two attached hydrogens (primary N) is 1. The Hall–Kier alpha value is -1.50. The number of hydrogen-bond acceptors (Lipinski definition) is 8. The number of amides is 3. The predicted octanol–water partition coefficient (Wildman–Crippen LogP) is -1.82. The van der Waals surface area contributed by atoms with Crippen molar-refractivity contribution in [3.63, 3.8) is 0 Å². The second-order valence-corrected chi connectivity index (χ2v) is 7.79. The highest BCUT2D eigenvalue weighted by molar-refractivity contribution is 7.98. The van der Waals surface area contributed by atoms with Crippen molar-refractivity contribution in [3.8, 4) is 0 Å². The number of aliphatic hydroxyl groups excluding tert-OH is 1. The lowest BCUT2D eigenvalue weighted by molar-refractivity contribution is -0.142. The van der Waals surface area contributed by atoms with Gasteiger partial charge in [0.25, 0.3) is 0 Å². The molecule has 0 aliphatic heterocycles. The zero-order valence-corrected chi connectivity index (χ0v) is 17.9. The lowest BCUT2D eigenvalue weighted by Gasteiger charge is -2.26. The average molecular weight is 439 g/mol. The topological polar surface area (TPSA) is 171 Å². The van der Waals surface area contributed by atoms with Crippen LogP contribution in [0.1, 0.15) is 20.3 Å². The van der Waals surface area contributed by atoms with E-state index in [1.54, 1.807) is 13.8 Å². The highest BCUT2D eigenvalue weighted by Gasteiger charge is 2.31. The number of thiol groups is 1. The van der Waals surface area contributed by atoms with E-state index in [0.717, 1.165) is 0 Å². The van der Waals surface area contributed by atoms with Crippen LogP contribution < -0.4 is 21.7 Å². The van der Waals surface area contributed by atoms with Crippen LogP contribution in [-0.4, -0.2) is 82.4 Å². The fourth-order valence-corrected chi connectivity index (χ4v) is 2.82. The van der Waals surface area contributed by atoms with E-state index in [4.69, 9.17) is 10.8 Å². The Bertz CT molecular complexity index is 549. The first-order valence-corrected chi connectivity index (χ1v) is 10.7. The number of aliphatic carboxylic acids is 1. The summed E-state index contributed by atoms with van der Waals surface area (Å²) in [5.74, 6) is -3.16. The van der Waals surface area contributed by atoms with E-state index in [1.807, 2.05) is 6.26 Å². The second kappa shape index (κ2) is 13.6. The molecule has 0 heterocycles. The number of aliphatic hydroxyl groups is 1. The van der Waals surface area contributed by atoms with Gasteiger partial charge in [0.2, 0.25) is 17.7 Å². The largest absolute Gasteiger partial charge is 0.480 e. The van der Waals surface area contributed by atoms with Crippen LogP contribution >= 0.6 is 24.4 Å². The molecule has 4 atom stereocenters. The molecule has 0 aromatic rings. The Balaban J connectivity index is 5.02. The minimum Gasteiger partial charge on any atom is -0.480 e. The van der Waals surface area contributed by atoms with Gasteiger partial charge in [-0.2, -0.15) is 24.4 Å². The maximum absolute atomic E-state index is 12.4. The normalized spacial score (nSPS) is 15.2. The Labute approximate surface area is 174 Å². The first-order chi connectivity index (χ1) is 13.1. The fraction of sp³-hybridized carbons (Fsp3) is 0.750. The van der Waals surface area contributed by atoms with E-state index in [1.165, 1.54) is 11.8 Å². The van der Waals surface area contributed by atoms with Crippen LogP contribution in [-0.2, 0) is 19.2 Å². The van der Waals surface area contributed by atoms with Gasteiger partial charge in [-0.05, 0) is 24.3 Å². The van der Waals surface area contributed by atoms with E-state index < -0.39 is 54.5 Å². The first kappa shape index (κ1) is 26.5. The molecule has 0 spiro atoms. The van der Waals surface area contributed by atoms with Crippen LogP contribution in [0.5, 0.6) is 0 Å². The molecule has 10 nitrogen and oxygen atoms in total. The Kier molecular flexibility index (Phi) is 12.9. The third-order valence-electron chi connectivity index (χ3n) is 3.83. The molecule has 0 radical (unpaired) electrons. The van der Waals surface area contributed by atoms with E-state index in [9.17, 15) is 24.3 Å². The van der Waals surface area contributed by atoms with E-state index in [2.05, 4.69) is 28.6 Å². The fourth-order valence-electron chi connectivity index (χ4n) is 2.08. The molecule has 0 bridgehead atoms. The highest BCUT2D eigenvalue weighted by atomic mass is 32.2. The molecule has 0 aliphatic rings. The summed E-state index contributed by atoms with van der Waals surface area (Å²) in [7, 11) is 0. The Morgan fingerprint density at radius 3 is 2.04 bits per heavy atom. The summed E-state index contributed by atoms with van der Waals surface area (Å²) < 4.78 is 0. The van der Waals surface area contributed by atoms with Crippen LogP contribution in [0.2, 0.25) is 0 Å². The number of hydrogen-bond donors (Lipinski definition) is 7. The summed E-state index contributed by atoms with van der Waals surface area (Å²) in [5.41, 5.74) is 5.74. The van der Waals surface area contributed by atoms with Gasteiger partial charge in [-0.3, -0.25) is 14.4 Å². The predicted molar refractivity (Wildman–Crippen MR) is 110 cm³/mol. The van der Waals surface area contributed by atoms with Crippen LogP contribution in [0, 0.1) is 5.92 Å². The molecule has 28 heavy (non-hydrogen) atoms. The molecule has 162 valence electrons. The van der Waals surface area contributed by atoms with Crippen LogP contribution in [0.25, 0.3) is 0 Å². The number of nitrogens with one attached hydrogen (secondary N) is 3. The summed E-state index contributed by atoms with van der Waals surface area (Å²) >= 11 is 5.39. The summed E-state index contributed by atoms with van der Waals surface area (Å²) in [6.45, 7) is 2.63. The maximum Gasteiger partial charge on any atom is 0.327 e. The standard InChI is InChI=1S/C16H30N4O6S2/c1-8(2)12(15(24)19-11(7-27)16(25)26)20-14(23)10(6-21)18-13(22)9(17)4-5-28-3/h8-12,21,27H,4-7,17H2,1-3H3,(H,18,22)(H,19,24)(H,20,23)(H,25,26). The van der Waals surface area contributed by atoms with Crippen molar-refractivity contribution < 1.29 is 29.4 Å². The third-order valence-corrected chi connectivity index (χ3v) is 4.84. The van der Waals surface area contributed by atoms with Crippen molar-refractivity contribution in [1.82, 2.24) is 16.0 Å². The van der Waals surface area contributed by atoms with Crippen molar-refractivity contribution in [2.45, 2.75) is 44.4 Å². The summed E-state index contributed by atoms with van der Waals surface area (Å²) in [6, 6.07) is -4.39. The number of carbonyl (C=O) groups is 4. The lowest BCUT2D eigenvalue weighted by Crippen LogP contribution is -2.59. The Morgan fingerprint density at radius 2 is 1.61 bits per heavy atom. The number of thioether (sulfide) groups is 1. The van der Waals surface area contributed by atoms with Crippen molar-refractivity contribution in [1.29, 1.82) is 0 Å². The summed E-state index contributed by atoms with van der Waals surface area (Å²) in [6.07, 6.45) is 2.28. The minimum absolute atomic E-state index is 0.122. The molecule has 0 aromatic heterocycles. The summed E-state index contributed by atoms with van der Waals surface area (Å²) in [4.78, 5) is 47.9. The molecular formula is C16H30N4O6S2. The number of carbonyl (C=O) groups excluding carboxylic acids is 3. The van der Waals surface area contributed by atoms with Crippen LogP contribution in [0.3, 0.4) is 0 Å². The molecule has 0 aliphatic carbocycles. The van der Waals surface area contributed by atoms with Gasteiger partial charge in [0.05, 0.1) is 12.6 Å². The number of carboxylic acids is 1. The molecular weight excluding hydrogens is 408 g/mol. The van der Waals surface area contributed by atoms with Crippen LogP contribution in [0.4, 0.5) is 0 Å². The third kappa shape index (κ3) is 9.13. The lowest BCUT2D eigenvalue weighted by atomic mass is 10.0. The van der Waals surface area contributed by atoms with Crippen LogP contribution in [0.15, 0.2) is 0 Å². The smallest absolute Gasteiger partial charge is 0.327 e. The SMILES string of the molecule is CSCCC(N)C(=O)NC(CO)C(=O)NC(C(=O)NC(CS)C(=O)O)C(C)C. The van der Waals surface area contributed by atoms with Crippen molar-refractivity contribution >= 4 is 48.1 Å². The summed E-state index contributed by atoms with van der Waals surface area (Å²) in [5, 5.41) is 25.5. The number of carboxylic acid groups (broad SMARTS) is 1. The molecule has 0 fully saturated rings. The highest BCUT2D eigenvalue weighted by Crippen LogP contribution is 2.04. The molecule has 4 unspecified atom stereocenters. The van der Waals surface area contributed by atoms with Gasteiger partial charge < -0.3 is 31.9 Å². The average Bonchev–Trinajstić information content (AvgIpc) is 2.64. The monoisotopic (exact) mass is 438 g/mol. The van der Waals surface area contributed by atoms with Crippen molar-refractivity contribution in [2.24, 2.45) is 11.7 Å². The minimum atomic E-state index is -1.29. The molecule has 0 saturated carbocycles. The van der Waals surface area contributed by atoms with E-state index in [0.29, 0.717) is 12.2 Å². The van der Waals surface area contributed by atoms with Crippen molar-refractivity contribution in [3.05, 3.63) is 0 Å². The van der Waals surface area contributed by atoms with Crippen molar-refractivity contribution in [2.75, 3.05) is 24.4 Å². The van der Waals surface area contributed by atoms with Gasteiger partial charge in [0.1, 0.15) is 18.1 Å². The number of rotatable bonds is 13. The van der Waals surface area contributed by atoms with Gasteiger partial charge in [0.15, 0.2) is 0 Å². The first-order valence-electron chi connectivity index (χ1n) is 8.69. The van der Waals surface area contributed by atoms with E-state index >= 15 is 0 Å². The van der Waals surface area contributed by atoms with Gasteiger partial charge in [-0.15, -0.1) is 0 Å². The zero-order chi connectivity index (χ0) is 21.9. The second-order valence-electron chi connectivity index (χ2n) is 6.44. The molecule has 3 amide bonds. The quantitative estimate of drug-likeness (QED) is 0.165. The molecule has 0 rings (SSSR count).